The van der Waals surface area contributed by atoms with Crippen molar-refractivity contribution in [3.8, 4) is 11.5 Å². The molecule has 0 heterocycles. The van der Waals surface area contributed by atoms with E-state index in [1.807, 2.05) is 13.8 Å². The predicted octanol–water partition coefficient (Wildman–Crippen LogP) is 3.86. The first kappa shape index (κ1) is 20.1. The van der Waals surface area contributed by atoms with Gasteiger partial charge in [0.1, 0.15) is 11.5 Å². The highest BCUT2D eigenvalue weighted by atomic mass is 32.2. The first-order valence-electron chi connectivity index (χ1n) is 7.98. The number of aryl methyl sites for hydroxylation is 1. The van der Waals surface area contributed by atoms with Gasteiger partial charge in [-0.2, -0.15) is 8.78 Å². The van der Waals surface area contributed by atoms with Crippen LogP contribution in [-0.2, 0) is 16.6 Å². The van der Waals surface area contributed by atoms with Crippen molar-refractivity contribution in [1.29, 1.82) is 0 Å². The second kappa shape index (κ2) is 8.46. The maximum Gasteiger partial charge on any atom is 0.387 e. The summed E-state index contributed by atoms with van der Waals surface area (Å²) in [6.07, 6.45) is -0.0272. The number of halogens is 2. The Kier molecular flexibility index (Phi) is 6.55. The Morgan fingerprint density at radius 1 is 1.04 bits per heavy atom. The molecule has 0 saturated carbocycles. The quantitative estimate of drug-likeness (QED) is 0.749. The highest BCUT2D eigenvalue weighted by molar-refractivity contribution is 7.89. The zero-order valence-electron chi connectivity index (χ0n) is 14.7. The molecular formula is C18H21F2NO4S. The molecule has 0 bridgehead atoms. The monoisotopic (exact) mass is 385 g/mol. The fraction of sp³-hybridized carbons (Fsp3) is 0.333. The van der Waals surface area contributed by atoms with Crippen molar-refractivity contribution >= 4 is 10.0 Å². The second-order valence-corrected chi connectivity index (χ2v) is 7.67. The van der Waals surface area contributed by atoms with Crippen LogP contribution in [0.15, 0.2) is 47.4 Å². The largest absolute Gasteiger partial charge is 0.491 e. The summed E-state index contributed by atoms with van der Waals surface area (Å²) in [5, 5.41) is 0. The number of nitrogens with one attached hydrogen (secondary N) is 1. The lowest BCUT2D eigenvalue weighted by Gasteiger charge is -2.14. The molecule has 2 aromatic carbocycles. The van der Waals surface area contributed by atoms with Gasteiger partial charge in [-0.15, -0.1) is 0 Å². The molecule has 0 aromatic heterocycles. The van der Waals surface area contributed by atoms with E-state index in [1.54, 1.807) is 19.1 Å². The van der Waals surface area contributed by atoms with Crippen LogP contribution >= 0.6 is 0 Å². The lowest BCUT2D eigenvalue weighted by atomic mass is 10.2. The fourth-order valence-electron chi connectivity index (χ4n) is 2.29. The van der Waals surface area contributed by atoms with Crippen LogP contribution in [0, 0.1) is 6.92 Å². The summed E-state index contributed by atoms with van der Waals surface area (Å²) in [5.74, 6) is 0.539. The fourth-order valence-corrected chi connectivity index (χ4v) is 3.38. The number of hydrogen-bond donors (Lipinski definition) is 1. The molecule has 142 valence electrons. The summed E-state index contributed by atoms with van der Waals surface area (Å²) in [4.78, 5) is 0.0679. The standard InChI is InChI=1S/C18H21F2NO4S/c1-12(2)24-16-9-8-15(10-13(16)3)26(22,23)21-11-14-6-4-5-7-17(14)25-18(19)20/h4-10,12,18,21H,11H2,1-3H3. The summed E-state index contributed by atoms with van der Waals surface area (Å²) < 4.78 is 62.2. The number of alkyl halides is 2. The summed E-state index contributed by atoms with van der Waals surface area (Å²) in [6.45, 7) is 2.36. The van der Waals surface area contributed by atoms with Gasteiger partial charge in [0.05, 0.1) is 11.0 Å². The topological polar surface area (TPSA) is 64.6 Å². The van der Waals surface area contributed by atoms with Crippen molar-refractivity contribution in [1.82, 2.24) is 4.72 Å². The second-order valence-electron chi connectivity index (χ2n) is 5.90. The van der Waals surface area contributed by atoms with E-state index in [4.69, 9.17) is 4.74 Å². The molecule has 0 radical (unpaired) electrons. The maximum absolute atomic E-state index is 12.5. The van der Waals surface area contributed by atoms with E-state index in [0.717, 1.165) is 0 Å². The van der Waals surface area contributed by atoms with E-state index < -0.39 is 16.6 Å². The van der Waals surface area contributed by atoms with E-state index in [9.17, 15) is 17.2 Å². The first-order chi connectivity index (χ1) is 12.2. The number of hydrogen-bond acceptors (Lipinski definition) is 4. The van der Waals surface area contributed by atoms with Crippen molar-refractivity contribution in [3.05, 3.63) is 53.6 Å². The van der Waals surface area contributed by atoms with Crippen LogP contribution < -0.4 is 14.2 Å². The van der Waals surface area contributed by atoms with Crippen LogP contribution in [-0.4, -0.2) is 21.1 Å². The molecule has 5 nitrogen and oxygen atoms in total. The molecule has 0 unspecified atom stereocenters. The smallest absolute Gasteiger partial charge is 0.387 e. The minimum atomic E-state index is -3.82. The van der Waals surface area contributed by atoms with Gasteiger partial charge in [0.15, 0.2) is 0 Å². The van der Waals surface area contributed by atoms with Gasteiger partial charge in [-0.1, -0.05) is 18.2 Å². The van der Waals surface area contributed by atoms with Crippen LogP contribution in [0.25, 0.3) is 0 Å². The van der Waals surface area contributed by atoms with Gasteiger partial charge >= 0.3 is 6.61 Å². The molecule has 0 aliphatic rings. The van der Waals surface area contributed by atoms with E-state index in [2.05, 4.69) is 9.46 Å². The number of benzene rings is 2. The van der Waals surface area contributed by atoms with Gasteiger partial charge in [0, 0.05) is 12.1 Å². The van der Waals surface area contributed by atoms with Gasteiger partial charge in [-0.25, -0.2) is 13.1 Å². The Balaban J connectivity index is 2.16. The lowest BCUT2D eigenvalue weighted by Crippen LogP contribution is -2.24. The average molecular weight is 385 g/mol. The summed E-state index contributed by atoms with van der Waals surface area (Å²) in [7, 11) is -3.82. The van der Waals surface area contributed by atoms with Gasteiger partial charge in [-0.3, -0.25) is 0 Å². The van der Waals surface area contributed by atoms with Gasteiger partial charge in [-0.05, 0) is 50.6 Å². The maximum atomic E-state index is 12.5. The molecule has 8 heteroatoms. The predicted molar refractivity (Wildman–Crippen MR) is 94.0 cm³/mol. The molecule has 2 rings (SSSR count). The zero-order valence-corrected chi connectivity index (χ0v) is 15.5. The normalized spacial score (nSPS) is 11.8. The van der Waals surface area contributed by atoms with Gasteiger partial charge in [0.25, 0.3) is 0 Å². The molecule has 0 atom stereocenters. The summed E-state index contributed by atoms with van der Waals surface area (Å²) >= 11 is 0. The van der Waals surface area contributed by atoms with Crippen LogP contribution in [0.2, 0.25) is 0 Å². The van der Waals surface area contributed by atoms with Crippen molar-refractivity contribution in [2.75, 3.05) is 0 Å². The summed E-state index contributed by atoms with van der Waals surface area (Å²) in [5.41, 5.74) is 0.996. The zero-order chi connectivity index (χ0) is 19.3. The molecule has 0 aliphatic carbocycles. The molecule has 0 saturated heterocycles. The number of sulfonamides is 1. The Morgan fingerprint density at radius 2 is 1.73 bits per heavy atom. The molecule has 1 N–H and O–H groups in total. The van der Waals surface area contributed by atoms with E-state index in [1.165, 1.54) is 30.3 Å². The van der Waals surface area contributed by atoms with Crippen molar-refractivity contribution < 1.29 is 26.7 Å². The van der Waals surface area contributed by atoms with Gasteiger partial charge < -0.3 is 9.47 Å². The third-order valence-corrected chi connectivity index (χ3v) is 4.86. The molecule has 0 spiro atoms. The molecule has 0 fully saturated rings. The third kappa shape index (κ3) is 5.40. The van der Waals surface area contributed by atoms with Crippen LogP contribution in [0.3, 0.4) is 0 Å². The molecule has 2 aromatic rings. The van der Waals surface area contributed by atoms with E-state index in [0.29, 0.717) is 16.9 Å². The number of rotatable bonds is 8. The molecule has 0 aliphatic heterocycles. The Labute approximate surface area is 152 Å². The van der Waals surface area contributed by atoms with Gasteiger partial charge in [0.2, 0.25) is 10.0 Å². The Morgan fingerprint density at radius 3 is 2.35 bits per heavy atom. The van der Waals surface area contributed by atoms with Crippen LogP contribution in [0.1, 0.15) is 25.0 Å². The average Bonchev–Trinajstić information content (AvgIpc) is 2.55. The summed E-state index contributed by atoms with van der Waals surface area (Å²) in [6, 6.07) is 10.6. The third-order valence-electron chi connectivity index (χ3n) is 3.46. The minimum absolute atomic E-state index is 0.0272. The first-order valence-corrected chi connectivity index (χ1v) is 9.47. The van der Waals surface area contributed by atoms with Crippen molar-refractivity contribution in [3.63, 3.8) is 0 Å². The van der Waals surface area contributed by atoms with Crippen molar-refractivity contribution in [2.24, 2.45) is 0 Å². The minimum Gasteiger partial charge on any atom is -0.491 e. The SMILES string of the molecule is Cc1cc(S(=O)(=O)NCc2ccccc2OC(F)F)ccc1OC(C)C. The molecule has 0 amide bonds. The number of ether oxygens (including phenoxy) is 2. The number of para-hydroxylation sites is 1. The Bertz CT molecular complexity index is 854. The molecular weight excluding hydrogens is 364 g/mol. The lowest BCUT2D eigenvalue weighted by molar-refractivity contribution is -0.0504. The van der Waals surface area contributed by atoms with Crippen LogP contribution in [0.4, 0.5) is 8.78 Å². The molecule has 26 heavy (non-hydrogen) atoms. The van der Waals surface area contributed by atoms with Crippen LogP contribution in [0.5, 0.6) is 11.5 Å². The highest BCUT2D eigenvalue weighted by Crippen LogP contribution is 2.24. The van der Waals surface area contributed by atoms with E-state index >= 15 is 0 Å². The van der Waals surface area contributed by atoms with Crippen molar-refractivity contribution in [2.45, 2.75) is 44.9 Å². The highest BCUT2D eigenvalue weighted by Gasteiger charge is 2.17. The van der Waals surface area contributed by atoms with E-state index in [-0.39, 0.29) is 23.3 Å². The Hall–Kier alpha value is -2.19.